The minimum Gasteiger partial charge on any atom is -0.492 e. The lowest BCUT2D eigenvalue weighted by Crippen LogP contribution is -2.07. The second-order valence-electron chi connectivity index (χ2n) is 2.93. The van der Waals surface area contributed by atoms with Gasteiger partial charge in [-0.3, -0.25) is 4.79 Å². The first-order chi connectivity index (χ1) is 6.81. The zero-order valence-corrected chi connectivity index (χ0v) is 8.47. The molecule has 0 saturated heterocycles. The van der Waals surface area contributed by atoms with Crippen LogP contribution in [-0.2, 0) is 0 Å². The van der Waals surface area contributed by atoms with E-state index in [4.69, 9.17) is 4.74 Å². The molecule has 14 heavy (non-hydrogen) atoms. The topological polar surface area (TPSA) is 26.3 Å². The first kappa shape index (κ1) is 9.34. The largest absolute Gasteiger partial charge is 0.492 e. The maximum atomic E-state index is 11.3. The van der Waals surface area contributed by atoms with Crippen LogP contribution < -0.4 is 4.74 Å². The van der Waals surface area contributed by atoms with E-state index in [2.05, 4.69) is 6.58 Å². The van der Waals surface area contributed by atoms with E-state index in [9.17, 15) is 4.79 Å². The van der Waals surface area contributed by atoms with Crippen molar-refractivity contribution in [2.75, 3.05) is 12.4 Å². The number of ketones is 1. The number of allylic oxidation sites excluding steroid dienone is 1. The Morgan fingerprint density at radius 1 is 1.57 bits per heavy atom. The molecule has 3 heteroatoms. The van der Waals surface area contributed by atoms with Crippen molar-refractivity contribution >= 4 is 17.5 Å². The Morgan fingerprint density at radius 2 is 2.43 bits per heavy atom. The summed E-state index contributed by atoms with van der Waals surface area (Å²) in [5.41, 5.74) is 0.678. The maximum absolute atomic E-state index is 11.3. The van der Waals surface area contributed by atoms with E-state index in [0.717, 1.165) is 23.0 Å². The summed E-state index contributed by atoms with van der Waals surface area (Å²) >= 11 is 1.72. The molecule has 1 aliphatic heterocycles. The standard InChI is InChI=1S/C11H10O2S/c1-2-9(12)8-3-4-10-11(7-8)14-6-5-13-10/h2-4,7H,1,5-6H2. The molecule has 0 fully saturated rings. The van der Waals surface area contributed by atoms with Crippen molar-refractivity contribution in [3.05, 3.63) is 36.4 Å². The van der Waals surface area contributed by atoms with Crippen LogP contribution in [0, 0.1) is 0 Å². The van der Waals surface area contributed by atoms with Crippen LogP contribution in [0.4, 0.5) is 0 Å². The first-order valence-electron chi connectivity index (χ1n) is 4.37. The van der Waals surface area contributed by atoms with Gasteiger partial charge in [0, 0.05) is 11.3 Å². The third-order valence-corrected chi connectivity index (χ3v) is 3.01. The molecule has 0 radical (unpaired) electrons. The molecule has 1 aromatic carbocycles. The fourth-order valence-electron chi connectivity index (χ4n) is 1.31. The van der Waals surface area contributed by atoms with E-state index in [1.54, 1.807) is 17.8 Å². The molecule has 0 bridgehead atoms. The number of hydrogen-bond acceptors (Lipinski definition) is 3. The summed E-state index contributed by atoms with van der Waals surface area (Å²) in [6.07, 6.45) is 1.33. The highest BCUT2D eigenvalue weighted by atomic mass is 32.2. The summed E-state index contributed by atoms with van der Waals surface area (Å²) in [6.45, 7) is 4.20. The third-order valence-electron chi connectivity index (χ3n) is 2.01. The van der Waals surface area contributed by atoms with Gasteiger partial charge in [0.15, 0.2) is 5.78 Å². The molecule has 1 heterocycles. The van der Waals surface area contributed by atoms with Crippen molar-refractivity contribution in [3.8, 4) is 5.75 Å². The average molecular weight is 206 g/mol. The van der Waals surface area contributed by atoms with E-state index in [1.807, 2.05) is 12.1 Å². The van der Waals surface area contributed by atoms with Crippen LogP contribution in [0.25, 0.3) is 0 Å². The van der Waals surface area contributed by atoms with Crippen LogP contribution >= 0.6 is 11.8 Å². The van der Waals surface area contributed by atoms with Crippen LogP contribution in [0.15, 0.2) is 35.7 Å². The number of carbonyl (C=O) groups excluding carboxylic acids is 1. The minimum atomic E-state index is -0.0426. The zero-order chi connectivity index (χ0) is 9.97. The normalized spacial score (nSPS) is 14.0. The molecule has 0 unspecified atom stereocenters. The van der Waals surface area contributed by atoms with Gasteiger partial charge >= 0.3 is 0 Å². The predicted octanol–water partition coefficient (Wildman–Crippen LogP) is 2.54. The molecular weight excluding hydrogens is 196 g/mol. The van der Waals surface area contributed by atoms with Gasteiger partial charge in [-0.25, -0.2) is 0 Å². The molecule has 72 valence electrons. The van der Waals surface area contributed by atoms with E-state index in [0.29, 0.717) is 5.56 Å². The predicted molar refractivity (Wildman–Crippen MR) is 57.2 cm³/mol. The Bertz CT molecular complexity index is 385. The van der Waals surface area contributed by atoms with Crippen LogP contribution in [0.1, 0.15) is 10.4 Å². The Balaban J connectivity index is 2.38. The summed E-state index contributed by atoms with van der Waals surface area (Å²) in [7, 11) is 0. The fraction of sp³-hybridized carbons (Fsp3) is 0.182. The molecule has 0 saturated carbocycles. The van der Waals surface area contributed by atoms with E-state index < -0.39 is 0 Å². The number of rotatable bonds is 2. The van der Waals surface area contributed by atoms with Gasteiger partial charge in [0.25, 0.3) is 0 Å². The molecule has 1 aromatic rings. The lowest BCUT2D eigenvalue weighted by Gasteiger charge is -2.16. The van der Waals surface area contributed by atoms with E-state index >= 15 is 0 Å². The van der Waals surface area contributed by atoms with Gasteiger partial charge in [0.2, 0.25) is 0 Å². The molecule has 0 amide bonds. The molecule has 1 aliphatic rings. The van der Waals surface area contributed by atoms with Crippen molar-refractivity contribution in [1.82, 2.24) is 0 Å². The molecule has 2 rings (SSSR count). The molecular formula is C11H10O2S. The molecule has 0 aromatic heterocycles. The van der Waals surface area contributed by atoms with Gasteiger partial charge in [-0.1, -0.05) is 6.58 Å². The summed E-state index contributed by atoms with van der Waals surface area (Å²) < 4.78 is 5.43. The average Bonchev–Trinajstić information content (AvgIpc) is 2.27. The maximum Gasteiger partial charge on any atom is 0.185 e. The zero-order valence-electron chi connectivity index (χ0n) is 7.66. The smallest absolute Gasteiger partial charge is 0.185 e. The number of fused-ring (bicyclic) bond motifs is 1. The van der Waals surface area contributed by atoms with Crippen LogP contribution in [0.3, 0.4) is 0 Å². The van der Waals surface area contributed by atoms with Crippen LogP contribution in [0.5, 0.6) is 5.75 Å². The number of hydrogen-bond donors (Lipinski definition) is 0. The third kappa shape index (κ3) is 1.68. The number of thioether (sulfide) groups is 1. The Labute approximate surface area is 87.0 Å². The summed E-state index contributed by atoms with van der Waals surface area (Å²) in [5, 5.41) is 0. The minimum absolute atomic E-state index is 0.0426. The lowest BCUT2D eigenvalue weighted by atomic mass is 10.1. The Kier molecular flexibility index (Phi) is 2.59. The van der Waals surface area contributed by atoms with E-state index in [1.165, 1.54) is 6.08 Å². The van der Waals surface area contributed by atoms with Crippen molar-refractivity contribution in [2.45, 2.75) is 4.90 Å². The monoisotopic (exact) mass is 206 g/mol. The van der Waals surface area contributed by atoms with Crippen molar-refractivity contribution in [1.29, 1.82) is 0 Å². The summed E-state index contributed by atoms with van der Waals surface area (Å²) in [6, 6.07) is 5.48. The summed E-state index contributed by atoms with van der Waals surface area (Å²) in [4.78, 5) is 12.4. The quantitative estimate of drug-likeness (QED) is 0.549. The van der Waals surface area contributed by atoms with Gasteiger partial charge in [-0.15, -0.1) is 11.8 Å². The molecule has 0 N–H and O–H groups in total. The highest BCUT2D eigenvalue weighted by Crippen LogP contribution is 2.33. The van der Waals surface area contributed by atoms with Gasteiger partial charge < -0.3 is 4.74 Å². The summed E-state index contributed by atoms with van der Waals surface area (Å²) in [5.74, 6) is 1.78. The SMILES string of the molecule is C=CC(=O)c1ccc2c(c1)SCCO2. The van der Waals surface area contributed by atoms with E-state index in [-0.39, 0.29) is 5.78 Å². The Hall–Kier alpha value is -1.22. The molecule has 0 spiro atoms. The second kappa shape index (κ2) is 3.88. The fourth-order valence-corrected chi connectivity index (χ4v) is 2.18. The van der Waals surface area contributed by atoms with Crippen LogP contribution in [0.2, 0.25) is 0 Å². The van der Waals surface area contributed by atoms with Gasteiger partial charge in [-0.2, -0.15) is 0 Å². The first-order valence-corrected chi connectivity index (χ1v) is 5.36. The van der Waals surface area contributed by atoms with Gasteiger partial charge in [0.05, 0.1) is 11.5 Å². The van der Waals surface area contributed by atoms with Crippen molar-refractivity contribution in [2.24, 2.45) is 0 Å². The molecule has 2 nitrogen and oxygen atoms in total. The second-order valence-corrected chi connectivity index (χ2v) is 4.06. The number of benzene rings is 1. The highest BCUT2D eigenvalue weighted by molar-refractivity contribution is 7.99. The molecule has 0 atom stereocenters. The number of ether oxygens (including phenoxy) is 1. The highest BCUT2D eigenvalue weighted by Gasteiger charge is 2.12. The Morgan fingerprint density at radius 3 is 3.21 bits per heavy atom. The van der Waals surface area contributed by atoms with Gasteiger partial charge in [0.1, 0.15) is 5.75 Å². The van der Waals surface area contributed by atoms with Crippen molar-refractivity contribution in [3.63, 3.8) is 0 Å². The molecule has 0 aliphatic carbocycles. The van der Waals surface area contributed by atoms with Crippen molar-refractivity contribution < 1.29 is 9.53 Å². The van der Waals surface area contributed by atoms with Crippen LogP contribution in [-0.4, -0.2) is 18.1 Å². The number of carbonyl (C=O) groups is 1. The lowest BCUT2D eigenvalue weighted by molar-refractivity contribution is 0.104. The van der Waals surface area contributed by atoms with Gasteiger partial charge in [-0.05, 0) is 24.3 Å².